The van der Waals surface area contributed by atoms with Crippen molar-refractivity contribution in [1.82, 2.24) is 9.80 Å². The van der Waals surface area contributed by atoms with Crippen molar-refractivity contribution in [2.45, 2.75) is 25.4 Å². The van der Waals surface area contributed by atoms with Crippen LogP contribution in [0, 0.1) is 11.8 Å². The van der Waals surface area contributed by atoms with E-state index in [0.717, 1.165) is 55.7 Å². The van der Waals surface area contributed by atoms with Crippen molar-refractivity contribution >= 4 is 23.6 Å². The number of nitrogens with zero attached hydrogens (tertiary/aromatic N) is 3. The third-order valence-corrected chi connectivity index (χ3v) is 8.01. The van der Waals surface area contributed by atoms with Crippen LogP contribution >= 0.6 is 0 Å². The van der Waals surface area contributed by atoms with E-state index in [2.05, 4.69) is 36.2 Å². The summed E-state index contributed by atoms with van der Waals surface area (Å²) in [5, 5.41) is 2.93. The van der Waals surface area contributed by atoms with E-state index in [1.54, 1.807) is 24.3 Å². The molecule has 2 aliphatic rings. The number of amides is 3. The minimum Gasteiger partial charge on any atom is -0.446 e. The van der Waals surface area contributed by atoms with Crippen LogP contribution in [-0.2, 0) is 4.74 Å². The van der Waals surface area contributed by atoms with Crippen LogP contribution in [0.2, 0.25) is 0 Å². The SMILES string of the molecule is C[N+](C)(CC#CCN1CCC(OC(=O)Nc2ccccc2-c2ccccc2)CC1)CCCN1C(=O)c2ccccc2C1=O. The number of fused-ring (bicyclic) bond motifs is 1. The molecular formula is C35H39N4O4+. The lowest BCUT2D eigenvalue weighted by atomic mass is 10.0. The van der Waals surface area contributed by atoms with Gasteiger partial charge in [0.25, 0.3) is 11.8 Å². The summed E-state index contributed by atoms with van der Waals surface area (Å²) in [4.78, 5) is 41.5. The summed E-state index contributed by atoms with van der Waals surface area (Å²) in [6, 6.07) is 24.7. The second kappa shape index (κ2) is 13.7. The summed E-state index contributed by atoms with van der Waals surface area (Å²) in [5.41, 5.74) is 3.72. The Morgan fingerprint density at radius 2 is 1.47 bits per heavy atom. The molecule has 0 spiro atoms. The molecule has 0 bridgehead atoms. The molecule has 2 aliphatic heterocycles. The zero-order chi connectivity index (χ0) is 30.2. The van der Waals surface area contributed by atoms with Gasteiger partial charge in [-0.3, -0.25) is 24.7 Å². The Hall–Kier alpha value is -4.45. The number of carbonyl (C=O) groups is 3. The molecule has 8 nitrogen and oxygen atoms in total. The summed E-state index contributed by atoms with van der Waals surface area (Å²) in [6.45, 7) is 4.24. The average Bonchev–Trinajstić information content (AvgIpc) is 3.25. The molecule has 0 aromatic heterocycles. The zero-order valence-corrected chi connectivity index (χ0v) is 24.9. The first-order chi connectivity index (χ1) is 20.8. The number of anilines is 1. The average molecular weight is 580 g/mol. The highest BCUT2D eigenvalue weighted by Crippen LogP contribution is 2.28. The minimum atomic E-state index is -0.426. The molecule has 1 fully saturated rings. The second-order valence-electron chi connectivity index (χ2n) is 11.7. The number of hydrogen-bond acceptors (Lipinski definition) is 5. The van der Waals surface area contributed by atoms with Crippen LogP contribution in [0.4, 0.5) is 10.5 Å². The van der Waals surface area contributed by atoms with Crippen LogP contribution in [0.1, 0.15) is 40.0 Å². The van der Waals surface area contributed by atoms with Crippen LogP contribution in [0.15, 0.2) is 78.9 Å². The maximum atomic E-state index is 12.7. The Bertz CT molecular complexity index is 1480. The minimum absolute atomic E-state index is 0.120. The molecule has 0 aliphatic carbocycles. The van der Waals surface area contributed by atoms with Crippen molar-refractivity contribution in [1.29, 1.82) is 0 Å². The number of piperidine rings is 1. The molecule has 222 valence electrons. The van der Waals surface area contributed by atoms with Crippen LogP contribution in [0.5, 0.6) is 0 Å². The molecule has 0 unspecified atom stereocenters. The van der Waals surface area contributed by atoms with Crippen molar-refractivity contribution in [3.63, 3.8) is 0 Å². The Balaban J connectivity index is 1.00. The predicted octanol–water partition coefficient (Wildman–Crippen LogP) is 5.13. The van der Waals surface area contributed by atoms with Gasteiger partial charge in [-0.05, 0) is 42.5 Å². The highest BCUT2D eigenvalue weighted by atomic mass is 16.6. The van der Waals surface area contributed by atoms with E-state index in [9.17, 15) is 14.4 Å². The van der Waals surface area contributed by atoms with Crippen molar-refractivity contribution < 1.29 is 23.6 Å². The molecule has 43 heavy (non-hydrogen) atoms. The highest BCUT2D eigenvalue weighted by molar-refractivity contribution is 6.21. The molecule has 1 N–H and O–H groups in total. The Kier molecular flexibility index (Phi) is 9.55. The van der Waals surface area contributed by atoms with E-state index < -0.39 is 6.09 Å². The molecule has 3 aromatic rings. The van der Waals surface area contributed by atoms with Crippen LogP contribution in [-0.4, -0.2) is 91.7 Å². The molecule has 5 rings (SSSR count). The van der Waals surface area contributed by atoms with Gasteiger partial charge in [0.15, 0.2) is 0 Å². The number of carbonyl (C=O) groups excluding carboxylic acids is 3. The first-order valence-corrected chi connectivity index (χ1v) is 14.9. The highest BCUT2D eigenvalue weighted by Gasteiger charge is 2.35. The van der Waals surface area contributed by atoms with Gasteiger partial charge in [-0.2, -0.15) is 0 Å². The van der Waals surface area contributed by atoms with E-state index >= 15 is 0 Å². The van der Waals surface area contributed by atoms with Crippen LogP contribution < -0.4 is 5.32 Å². The molecule has 0 saturated carbocycles. The molecule has 8 heteroatoms. The fourth-order valence-corrected chi connectivity index (χ4v) is 5.55. The lowest BCUT2D eigenvalue weighted by Gasteiger charge is -2.30. The summed E-state index contributed by atoms with van der Waals surface area (Å²) < 4.78 is 6.44. The quantitative estimate of drug-likeness (QED) is 0.216. The van der Waals surface area contributed by atoms with Gasteiger partial charge in [0.2, 0.25) is 0 Å². The molecule has 0 radical (unpaired) electrons. The standard InChI is InChI=1S/C35H38N4O4/c1-39(2,26-12-22-38-33(40)30-16-6-7-17-31(30)34(38)41)25-11-10-21-37-23-19-28(20-24-37)43-35(42)36-32-18-9-8-15-29(32)27-13-4-3-5-14-27/h3-9,13-18,28H,12,19-26H2,1-2H3/p+1. The number of ether oxygens (including phenoxy) is 1. The van der Waals surface area contributed by atoms with Crippen molar-refractivity contribution in [3.8, 4) is 23.0 Å². The van der Waals surface area contributed by atoms with Gasteiger partial charge in [-0.25, -0.2) is 4.79 Å². The van der Waals surface area contributed by atoms with E-state index in [-0.39, 0.29) is 17.9 Å². The molecule has 3 aromatic carbocycles. The van der Waals surface area contributed by atoms with Gasteiger partial charge < -0.3 is 9.22 Å². The Morgan fingerprint density at radius 3 is 2.14 bits per heavy atom. The summed E-state index contributed by atoms with van der Waals surface area (Å²) >= 11 is 0. The van der Waals surface area contributed by atoms with E-state index in [4.69, 9.17) is 4.74 Å². The van der Waals surface area contributed by atoms with E-state index in [1.165, 1.54) is 4.90 Å². The van der Waals surface area contributed by atoms with Gasteiger partial charge in [-0.15, -0.1) is 0 Å². The largest absolute Gasteiger partial charge is 0.446 e. The molecular weight excluding hydrogens is 540 g/mol. The Labute approximate surface area is 253 Å². The first-order valence-electron chi connectivity index (χ1n) is 14.9. The van der Waals surface area contributed by atoms with Crippen molar-refractivity contribution in [2.24, 2.45) is 0 Å². The summed E-state index contributed by atoms with van der Waals surface area (Å²) in [7, 11) is 4.23. The van der Waals surface area contributed by atoms with E-state index in [0.29, 0.717) is 35.2 Å². The van der Waals surface area contributed by atoms with Crippen molar-refractivity contribution in [3.05, 3.63) is 90.0 Å². The summed E-state index contributed by atoms with van der Waals surface area (Å²) in [5.74, 6) is 6.21. The number of benzene rings is 3. The Morgan fingerprint density at radius 1 is 0.860 bits per heavy atom. The molecule has 3 amide bonds. The number of rotatable bonds is 9. The maximum Gasteiger partial charge on any atom is 0.411 e. The fraction of sp³-hybridized carbons (Fsp3) is 0.343. The van der Waals surface area contributed by atoms with Gasteiger partial charge >= 0.3 is 6.09 Å². The third-order valence-electron chi connectivity index (χ3n) is 8.01. The second-order valence-corrected chi connectivity index (χ2v) is 11.7. The van der Waals surface area contributed by atoms with Gasteiger partial charge in [0.05, 0.1) is 44.0 Å². The smallest absolute Gasteiger partial charge is 0.411 e. The van der Waals surface area contributed by atoms with Crippen LogP contribution in [0.3, 0.4) is 0 Å². The number of imide groups is 1. The van der Waals surface area contributed by atoms with Crippen molar-refractivity contribution in [2.75, 3.05) is 58.7 Å². The monoisotopic (exact) mass is 579 g/mol. The third kappa shape index (κ3) is 7.69. The van der Waals surface area contributed by atoms with E-state index in [1.807, 2.05) is 54.6 Å². The molecule has 1 saturated heterocycles. The molecule has 0 atom stereocenters. The number of likely N-dealkylation sites (tertiary alicyclic amines) is 1. The van der Waals surface area contributed by atoms with Crippen LogP contribution in [0.25, 0.3) is 11.1 Å². The number of hydrogen-bond donors (Lipinski definition) is 1. The van der Waals surface area contributed by atoms with Gasteiger partial charge in [-0.1, -0.05) is 66.6 Å². The zero-order valence-electron chi connectivity index (χ0n) is 24.9. The number of quaternary nitrogens is 1. The number of para-hydroxylation sites is 1. The normalized spacial score (nSPS) is 15.5. The topological polar surface area (TPSA) is 79.0 Å². The fourth-order valence-electron chi connectivity index (χ4n) is 5.55. The predicted molar refractivity (Wildman–Crippen MR) is 167 cm³/mol. The maximum absolute atomic E-state index is 12.7. The summed E-state index contributed by atoms with van der Waals surface area (Å²) in [6.07, 6.45) is 1.72. The lowest BCUT2D eigenvalue weighted by Crippen LogP contribution is -2.42. The van der Waals surface area contributed by atoms with Gasteiger partial charge in [0.1, 0.15) is 12.6 Å². The van der Waals surface area contributed by atoms with Gasteiger partial charge in [0, 0.05) is 31.6 Å². The number of nitrogens with one attached hydrogen (secondary N) is 1. The first kappa shape index (κ1) is 30.0. The molecule has 2 heterocycles. The lowest BCUT2D eigenvalue weighted by molar-refractivity contribution is -0.883.